The van der Waals surface area contributed by atoms with Gasteiger partial charge in [-0.05, 0) is 40.0 Å². The molecule has 2 N–H and O–H groups in total. The third kappa shape index (κ3) is 2.45. The van der Waals surface area contributed by atoms with Crippen molar-refractivity contribution in [2.24, 2.45) is 0 Å². The van der Waals surface area contributed by atoms with Crippen LogP contribution in [-0.4, -0.2) is 19.1 Å². The lowest BCUT2D eigenvalue weighted by Gasteiger charge is -2.25. The number of anilines is 1. The summed E-state index contributed by atoms with van der Waals surface area (Å²) in [5, 5.41) is 0. The van der Waals surface area contributed by atoms with Crippen LogP contribution in [0.1, 0.15) is 58.7 Å². The summed E-state index contributed by atoms with van der Waals surface area (Å²) < 4.78 is 4.35. The van der Waals surface area contributed by atoms with Crippen LogP contribution in [0.15, 0.2) is 12.5 Å². The fraction of sp³-hybridized carbons (Fsp3) is 0.625. The summed E-state index contributed by atoms with van der Waals surface area (Å²) in [6.45, 7) is 9.66. The zero-order chi connectivity index (χ0) is 15.2. The van der Waals surface area contributed by atoms with Crippen LogP contribution in [0, 0.1) is 0 Å². The fourth-order valence-corrected chi connectivity index (χ4v) is 2.90. The van der Waals surface area contributed by atoms with Crippen molar-refractivity contribution in [3.8, 4) is 11.4 Å². The van der Waals surface area contributed by atoms with Crippen LogP contribution in [0.4, 0.5) is 5.82 Å². The minimum atomic E-state index is -0.0527. The van der Waals surface area contributed by atoms with E-state index in [2.05, 4.69) is 41.8 Å². The van der Waals surface area contributed by atoms with Gasteiger partial charge in [-0.2, -0.15) is 0 Å². The highest BCUT2D eigenvalue weighted by Crippen LogP contribution is 2.44. The van der Waals surface area contributed by atoms with Crippen molar-refractivity contribution in [3.63, 3.8) is 0 Å². The molecule has 0 atom stereocenters. The Morgan fingerprint density at radius 2 is 2.05 bits per heavy atom. The van der Waals surface area contributed by atoms with Crippen molar-refractivity contribution in [2.45, 2.75) is 65.0 Å². The van der Waals surface area contributed by atoms with E-state index in [4.69, 9.17) is 10.7 Å². The highest BCUT2D eigenvalue weighted by molar-refractivity contribution is 5.68. The first kappa shape index (κ1) is 14.2. The van der Waals surface area contributed by atoms with Crippen molar-refractivity contribution in [1.29, 1.82) is 0 Å². The standard InChI is InChI=1S/C16H25N5/c1-5-8-20-10-18-9-12(20)13-14(17)21(16(2,3)4)15(19-13)11-6-7-11/h9-11H,5-8,17H2,1-4H3. The van der Waals surface area contributed by atoms with Crippen molar-refractivity contribution >= 4 is 5.82 Å². The molecule has 1 aliphatic rings. The Labute approximate surface area is 126 Å². The largest absolute Gasteiger partial charge is 0.383 e. The molecule has 1 aliphatic carbocycles. The Morgan fingerprint density at radius 1 is 1.33 bits per heavy atom. The Bertz CT molecular complexity index is 640. The number of imidazole rings is 2. The molecule has 0 unspecified atom stereocenters. The third-order valence-electron chi connectivity index (χ3n) is 3.97. The van der Waals surface area contributed by atoms with Crippen molar-refractivity contribution in [2.75, 3.05) is 5.73 Å². The molecule has 0 aliphatic heterocycles. The molecule has 2 heterocycles. The third-order valence-corrected chi connectivity index (χ3v) is 3.97. The van der Waals surface area contributed by atoms with Crippen LogP contribution in [0.25, 0.3) is 11.4 Å². The minimum Gasteiger partial charge on any atom is -0.383 e. The van der Waals surface area contributed by atoms with E-state index in [0.29, 0.717) is 5.92 Å². The Kier molecular flexibility index (Phi) is 3.30. The number of hydrogen-bond acceptors (Lipinski definition) is 3. The zero-order valence-electron chi connectivity index (χ0n) is 13.4. The van der Waals surface area contributed by atoms with E-state index in [-0.39, 0.29) is 5.54 Å². The van der Waals surface area contributed by atoms with Crippen LogP contribution in [0.3, 0.4) is 0 Å². The molecule has 1 fully saturated rings. The zero-order valence-corrected chi connectivity index (χ0v) is 13.4. The van der Waals surface area contributed by atoms with Gasteiger partial charge in [-0.3, -0.25) is 0 Å². The van der Waals surface area contributed by atoms with Crippen LogP contribution in [0.2, 0.25) is 0 Å². The molecule has 0 bridgehead atoms. The topological polar surface area (TPSA) is 61.7 Å². The number of aromatic nitrogens is 4. The van der Waals surface area contributed by atoms with E-state index in [1.807, 2.05) is 12.5 Å². The highest BCUT2D eigenvalue weighted by atomic mass is 15.2. The highest BCUT2D eigenvalue weighted by Gasteiger charge is 2.34. The molecular formula is C16H25N5. The van der Waals surface area contributed by atoms with Gasteiger partial charge in [-0.25, -0.2) is 9.97 Å². The smallest absolute Gasteiger partial charge is 0.133 e. The monoisotopic (exact) mass is 287 g/mol. The van der Waals surface area contributed by atoms with E-state index in [1.165, 1.54) is 12.8 Å². The maximum atomic E-state index is 6.47. The second kappa shape index (κ2) is 4.90. The number of nitrogen functional groups attached to an aromatic ring is 1. The molecule has 0 spiro atoms. The Hall–Kier alpha value is -1.78. The van der Waals surface area contributed by atoms with Gasteiger partial charge in [-0.1, -0.05) is 6.92 Å². The molecule has 5 heteroatoms. The summed E-state index contributed by atoms with van der Waals surface area (Å²) in [4.78, 5) is 9.18. The SMILES string of the molecule is CCCn1cncc1-c1nc(C2CC2)n(C(C)(C)C)c1N. The lowest BCUT2D eigenvalue weighted by atomic mass is 10.1. The summed E-state index contributed by atoms with van der Waals surface area (Å²) in [5.41, 5.74) is 8.33. The summed E-state index contributed by atoms with van der Waals surface area (Å²) in [6.07, 6.45) is 7.25. The average molecular weight is 287 g/mol. The molecule has 2 aromatic rings. The molecule has 1 saturated carbocycles. The van der Waals surface area contributed by atoms with Gasteiger partial charge in [0.05, 0.1) is 18.2 Å². The summed E-state index contributed by atoms with van der Waals surface area (Å²) >= 11 is 0. The fourth-order valence-electron chi connectivity index (χ4n) is 2.90. The molecule has 0 amide bonds. The Morgan fingerprint density at radius 3 is 2.62 bits per heavy atom. The van der Waals surface area contributed by atoms with Crippen LogP contribution >= 0.6 is 0 Å². The van der Waals surface area contributed by atoms with E-state index in [1.54, 1.807) is 0 Å². The molecule has 21 heavy (non-hydrogen) atoms. The second-order valence-electron chi connectivity index (χ2n) is 6.96. The number of nitrogens with zero attached hydrogens (tertiary/aromatic N) is 4. The molecule has 3 rings (SSSR count). The lowest BCUT2D eigenvalue weighted by molar-refractivity contribution is 0.388. The molecule has 114 valence electrons. The average Bonchev–Trinajstić information content (AvgIpc) is 3.04. The number of aryl methyl sites for hydroxylation is 1. The van der Waals surface area contributed by atoms with Gasteiger partial charge < -0.3 is 14.9 Å². The van der Waals surface area contributed by atoms with Gasteiger partial charge in [0.25, 0.3) is 0 Å². The van der Waals surface area contributed by atoms with Crippen molar-refractivity contribution in [3.05, 3.63) is 18.3 Å². The van der Waals surface area contributed by atoms with Gasteiger partial charge in [0.2, 0.25) is 0 Å². The predicted molar refractivity (Wildman–Crippen MR) is 85.1 cm³/mol. The van der Waals surface area contributed by atoms with Gasteiger partial charge in [0.1, 0.15) is 17.3 Å². The van der Waals surface area contributed by atoms with E-state index in [0.717, 1.165) is 36.0 Å². The van der Waals surface area contributed by atoms with Crippen molar-refractivity contribution < 1.29 is 0 Å². The van der Waals surface area contributed by atoms with Gasteiger partial charge in [0, 0.05) is 18.0 Å². The summed E-state index contributed by atoms with van der Waals surface area (Å²) in [7, 11) is 0. The first-order valence-electron chi connectivity index (χ1n) is 7.82. The molecule has 2 aromatic heterocycles. The predicted octanol–water partition coefficient (Wildman–Crippen LogP) is 3.37. The first-order chi connectivity index (χ1) is 9.93. The Balaban J connectivity index is 2.13. The maximum Gasteiger partial charge on any atom is 0.133 e. The van der Waals surface area contributed by atoms with Crippen LogP contribution in [0.5, 0.6) is 0 Å². The summed E-state index contributed by atoms with van der Waals surface area (Å²) in [5.74, 6) is 2.48. The van der Waals surface area contributed by atoms with E-state index >= 15 is 0 Å². The number of hydrogen-bond donors (Lipinski definition) is 1. The van der Waals surface area contributed by atoms with Crippen LogP contribution in [-0.2, 0) is 12.1 Å². The normalized spacial score (nSPS) is 15.6. The maximum absolute atomic E-state index is 6.47. The molecule has 0 aromatic carbocycles. The molecule has 0 saturated heterocycles. The second-order valence-corrected chi connectivity index (χ2v) is 6.96. The minimum absolute atomic E-state index is 0.0527. The number of nitrogens with two attached hydrogens (primary N) is 1. The van der Waals surface area contributed by atoms with E-state index < -0.39 is 0 Å². The van der Waals surface area contributed by atoms with Crippen LogP contribution < -0.4 is 5.73 Å². The number of rotatable bonds is 4. The molecular weight excluding hydrogens is 262 g/mol. The lowest BCUT2D eigenvalue weighted by Crippen LogP contribution is -2.25. The first-order valence-corrected chi connectivity index (χ1v) is 7.82. The van der Waals surface area contributed by atoms with Crippen molar-refractivity contribution in [1.82, 2.24) is 19.1 Å². The molecule has 5 nitrogen and oxygen atoms in total. The molecule has 0 radical (unpaired) electrons. The van der Waals surface area contributed by atoms with Gasteiger partial charge in [-0.15, -0.1) is 0 Å². The van der Waals surface area contributed by atoms with E-state index in [9.17, 15) is 0 Å². The van der Waals surface area contributed by atoms with Gasteiger partial charge in [0.15, 0.2) is 0 Å². The summed E-state index contributed by atoms with van der Waals surface area (Å²) in [6, 6.07) is 0. The quantitative estimate of drug-likeness (QED) is 0.937. The van der Waals surface area contributed by atoms with Gasteiger partial charge >= 0.3 is 0 Å².